The van der Waals surface area contributed by atoms with Crippen LogP contribution in [0.15, 0.2) is 0 Å². The Hall–Kier alpha value is -0.160. The molecule has 4 heteroatoms. The molecule has 0 bridgehead atoms. The van der Waals surface area contributed by atoms with E-state index in [4.69, 9.17) is 5.11 Å². The maximum absolute atomic E-state index is 8.98. The average molecular weight is 227 g/mol. The molecular weight excluding hydrogens is 202 g/mol. The predicted molar refractivity (Wildman–Crippen MR) is 65.6 cm³/mol. The molecule has 2 aliphatic rings. The summed E-state index contributed by atoms with van der Waals surface area (Å²) in [6, 6.07) is 1.25. The van der Waals surface area contributed by atoms with E-state index in [1.807, 2.05) is 7.05 Å². The highest BCUT2D eigenvalue weighted by Gasteiger charge is 2.30. The molecule has 2 unspecified atom stereocenters. The van der Waals surface area contributed by atoms with Crippen LogP contribution in [0.3, 0.4) is 0 Å². The highest BCUT2D eigenvalue weighted by Crippen LogP contribution is 2.21. The van der Waals surface area contributed by atoms with Gasteiger partial charge in [0.15, 0.2) is 0 Å². The van der Waals surface area contributed by atoms with Gasteiger partial charge in [0.05, 0.1) is 0 Å². The van der Waals surface area contributed by atoms with E-state index in [1.165, 1.54) is 39.0 Å². The van der Waals surface area contributed by atoms with Gasteiger partial charge in [-0.2, -0.15) is 0 Å². The van der Waals surface area contributed by atoms with Gasteiger partial charge in [0, 0.05) is 44.9 Å². The summed E-state index contributed by atoms with van der Waals surface area (Å²) in [5.41, 5.74) is 0. The smallest absolute Gasteiger partial charge is 0.0446 e. The Morgan fingerprint density at radius 2 is 2.25 bits per heavy atom. The number of nitrogens with zero attached hydrogens (tertiary/aromatic N) is 2. The summed E-state index contributed by atoms with van der Waals surface area (Å²) in [6.07, 6.45) is 3.62. The minimum atomic E-state index is 0.287. The van der Waals surface area contributed by atoms with Gasteiger partial charge in [-0.3, -0.25) is 9.80 Å². The van der Waals surface area contributed by atoms with E-state index < -0.39 is 0 Å². The Bertz CT molecular complexity index is 212. The second kappa shape index (κ2) is 5.96. The lowest BCUT2D eigenvalue weighted by Crippen LogP contribution is -2.53. The summed E-state index contributed by atoms with van der Waals surface area (Å²) < 4.78 is 0. The normalized spacial score (nSPS) is 29.2. The van der Waals surface area contributed by atoms with Crippen molar-refractivity contribution in [2.75, 3.05) is 46.4 Å². The molecule has 94 valence electrons. The Morgan fingerprint density at radius 3 is 3.00 bits per heavy atom. The fourth-order valence-corrected chi connectivity index (χ4v) is 3.02. The van der Waals surface area contributed by atoms with E-state index in [1.54, 1.807) is 0 Å². The van der Waals surface area contributed by atoms with E-state index in [0.717, 1.165) is 19.0 Å². The van der Waals surface area contributed by atoms with Gasteiger partial charge in [0.25, 0.3) is 0 Å². The SMILES string of the molecule is CNC(CCO)CN1CCN2CCCC2C1. The number of hydrogen-bond acceptors (Lipinski definition) is 4. The van der Waals surface area contributed by atoms with Crippen LogP contribution in [0.5, 0.6) is 0 Å². The minimum absolute atomic E-state index is 0.287. The van der Waals surface area contributed by atoms with Gasteiger partial charge in [-0.15, -0.1) is 0 Å². The van der Waals surface area contributed by atoms with Gasteiger partial charge >= 0.3 is 0 Å². The van der Waals surface area contributed by atoms with E-state index in [9.17, 15) is 0 Å². The molecule has 16 heavy (non-hydrogen) atoms. The van der Waals surface area contributed by atoms with Crippen LogP contribution in [-0.2, 0) is 0 Å². The lowest BCUT2D eigenvalue weighted by Gasteiger charge is -2.38. The molecule has 2 heterocycles. The summed E-state index contributed by atoms with van der Waals surface area (Å²) >= 11 is 0. The molecule has 2 fully saturated rings. The van der Waals surface area contributed by atoms with Crippen molar-refractivity contribution < 1.29 is 5.11 Å². The molecule has 2 atom stereocenters. The summed E-state index contributed by atoms with van der Waals surface area (Å²) in [5, 5.41) is 12.3. The standard InChI is InChI=1S/C12H25N3O/c1-13-11(4-8-16)9-14-6-7-15-5-2-3-12(15)10-14/h11-13,16H,2-10H2,1H3. The number of rotatable bonds is 5. The van der Waals surface area contributed by atoms with Gasteiger partial charge in [-0.05, 0) is 32.9 Å². The first-order valence-corrected chi connectivity index (χ1v) is 6.58. The average Bonchev–Trinajstić information content (AvgIpc) is 2.75. The van der Waals surface area contributed by atoms with Gasteiger partial charge in [-0.25, -0.2) is 0 Å². The van der Waals surface area contributed by atoms with Crippen LogP contribution in [0.25, 0.3) is 0 Å². The zero-order chi connectivity index (χ0) is 11.4. The fourth-order valence-electron chi connectivity index (χ4n) is 3.02. The molecule has 4 nitrogen and oxygen atoms in total. The summed E-state index contributed by atoms with van der Waals surface area (Å²) in [6.45, 7) is 6.34. The molecule has 0 aromatic rings. The third kappa shape index (κ3) is 2.94. The van der Waals surface area contributed by atoms with Crippen molar-refractivity contribution in [3.63, 3.8) is 0 Å². The maximum atomic E-state index is 8.98. The van der Waals surface area contributed by atoms with Crippen LogP contribution >= 0.6 is 0 Å². The molecule has 0 aromatic carbocycles. The van der Waals surface area contributed by atoms with Crippen LogP contribution < -0.4 is 5.32 Å². The van der Waals surface area contributed by atoms with Crippen LogP contribution in [-0.4, -0.2) is 73.4 Å². The van der Waals surface area contributed by atoms with Crippen LogP contribution in [0, 0.1) is 0 Å². The molecule has 2 rings (SSSR count). The van der Waals surface area contributed by atoms with Crippen LogP contribution in [0.1, 0.15) is 19.3 Å². The number of piperazine rings is 1. The Morgan fingerprint density at radius 1 is 1.38 bits per heavy atom. The van der Waals surface area contributed by atoms with Crippen molar-refractivity contribution in [2.45, 2.75) is 31.3 Å². The number of fused-ring (bicyclic) bond motifs is 1. The fraction of sp³-hybridized carbons (Fsp3) is 1.00. The van der Waals surface area contributed by atoms with Crippen molar-refractivity contribution >= 4 is 0 Å². The molecule has 2 aliphatic heterocycles. The topological polar surface area (TPSA) is 38.7 Å². The Kier molecular flexibility index (Phi) is 4.58. The lowest BCUT2D eigenvalue weighted by molar-refractivity contribution is 0.0938. The van der Waals surface area contributed by atoms with Crippen molar-refractivity contribution in [3.8, 4) is 0 Å². The lowest BCUT2D eigenvalue weighted by atomic mass is 10.1. The molecule has 2 N–H and O–H groups in total. The first-order chi connectivity index (χ1) is 7.83. The van der Waals surface area contributed by atoms with E-state index in [2.05, 4.69) is 15.1 Å². The molecule has 2 saturated heterocycles. The largest absolute Gasteiger partial charge is 0.396 e. The second-order valence-corrected chi connectivity index (χ2v) is 5.09. The van der Waals surface area contributed by atoms with E-state index in [-0.39, 0.29) is 6.61 Å². The van der Waals surface area contributed by atoms with Gasteiger partial charge in [0.1, 0.15) is 0 Å². The molecule has 0 amide bonds. The number of aliphatic hydroxyl groups is 1. The molecule has 0 saturated carbocycles. The van der Waals surface area contributed by atoms with Crippen molar-refractivity contribution in [2.24, 2.45) is 0 Å². The molecule has 0 radical (unpaired) electrons. The molecule has 0 aromatic heterocycles. The zero-order valence-corrected chi connectivity index (χ0v) is 10.4. The molecular formula is C12H25N3O. The summed E-state index contributed by atoms with van der Waals surface area (Å²) in [7, 11) is 1.99. The summed E-state index contributed by atoms with van der Waals surface area (Å²) in [5.74, 6) is 0. The first kappa shape index (κ1) is 12.3. The maximum Gasteiger partial charge on any atom is 0.0446 e. The van der Waals surface area contributed by atoms with Gasteiger partial charge < -0.3 is 10.4 Å². The minimum Gasteiger partial charge on any atom is -0.396 e. The van der Waals surface area contributed by atoms with Crippen molar-refractivity contribution in [1.82, 2.24) is 15.1 Å². The molecule has 0 aliphatic carbocycles. The predicted octanol–water partition coefficient (Wildman–Crippen LogP) is -0.263. The van der Waals surface area contributed by atoms with E-state index in [0.29, 0.717) is 6.04 Å². The number of likely N-dealkylation sites (N-methyl/N-ethyl adjacent to an activating group) is 1. The number of aliphatic hydroxyl groups excluding tert-OH is 1. The monoisotopic (exact) mass is 227 g/mol. The van der Waals surface area contributed by atoms with Crippen molar-refractivity contribution in [3.05, 3.63) is 0 Å². The highest BCUT2D eigenvalue weighted by molar-refractivity contribution is 4.88. The highest BCUT2D eigenvalue weighted by atomic mass is 16.3. The van der Waals surface area contributed by atoms with Gasteiger partial charge in [0.2, 0.25) is 0 Å². The number of hydrogen-bond donors (Lipinski definition) is 2. The second-order valence-electron chi connectivity index (χ2n) is 5.09. The third-order valence-corrected chi connectivity index (χ3v) is 4.04. The van der Waals surface area contributed by atoms with Crippen LogP contribution in [0.2, 0.25) is 0 Å². The third-order valence-electron chi connectivity index (χ3n) is 4.04. The van der Waals surface area contributed by atoms with Gasteiger partial charge in [-0.1, -0.05) is 0 Å². The Labute approximate surface area is 98.6 Å². The quantitative estimate of drug-likeness (QED) is 0.678. The zero-order valence-electron chi connectivity index (χ0n) is 10.4. The van der Waals surface area contributed by atoms with Crippen molar-refractivity contribution in [1.29, 1.82) is 0 Å². The Balaban J connectivity index is 1.77. The molecule has 0 spiro atoms. The number of nitrogens with one attached hydrogen (secondary N) is 1. The van der Waals surface area contributed by atoms with Crippen LogP contribution in [0.4, 0.5) is 0 Å². The van der Waals surface area contributed by atoms with E-state index >= 15 is 0 Å². The first-order valence-electron chi connectivity index (χ1n) is 6.58. The summed E-state index contributed by atoms with van der Waals surface area (Å²) in [4.78, 5) is 5.19.